The first-order valence-electron chi connectivity index (χ1n) is 9.27. The van der Waals surface area contributed by atoms with Crippen LogP contribution in [0.15, 0.2) is 24.3 Å². The molecular weight excluding hydrogens is 396 g/mol. The number of benzene rings is 1. The van der Waals surface area contributed by atoms with Gasteiger partial charge in [0.05, 0.1) is 20.9 Å². The molecule has 1 saturated heterocycles. The van der Waals surface area contributed by atoms with Gasteiger partial charge in [0.25, 0.3) is 5.91 Å². The molecule has 3 aromatic rings. The number of amides is 1. The SMILES string of the molecule is CCc1nnsc1C(=O)OCC(=O)N1CCC[C@@H](c2nc3ccccc3s2)C1. The maximum atomic E-state index is 12.6. The number of carbonyl (C=O) groups excluding carboxylic acids is 2. The minimum Gasteiger partial charge on any atom is -0.451 e. The first-order chi connectivity index (χ1) is 13.7. The minimum absolute atomic E-state index is 0.172. The summed E-state index contributed by atoms with van der Waals surface area (Å²) in [5.41, 5.74) is 1.61. The van der Waals surface area contributed by atoms with Gasteiger partial charge >= 0.3 is 5.97 Å². The molecule has 0 aliphatic carbocycles. The predicted molar refractivity (Wildman–Crippen MR) is 108 cm³/mol. The highest BCUT2D eigenvalue weighted by molar-refractivity contribution is 7.18. The standard InChI is InChI=1S/C19H20N4O3S2/c1-2-13-17(28-22-21-13)19(25)26-11-16(24)23-9-5-6-12(10-23)18-20-14-7-3-4-8-15(14)27-18/h3-4,7-8,12H,2,5-6,9-11H2,1H3/t12-/m1/s1. The van der Waals surface area contributed by atoms with E-state index in [0.717, 1.165) is 34.9 Å². The van der Waals surface area contributed by atoms with Crippen LogP contribution in [0.4, 0.5) is 0 Å². The van der Waals surface area contributed by atoms with Gasteiger partial charge in [0, 0.05) is 19.0 Å². The van der Waals surface area contributed by atoms with Gasteiger partial charge < -0.3 is 9.64 Å². The number of rotatable bonds is 5. The highest BCUT2D eigenvalue weighted by atomic mass is 32.1. The summed E-state index contributed by atoms with van der Waals surface area (Å²) in [6, 6.07) is 8.08. The highest BCUT2D eigenvalue weighted by Gasteiger charge is 2.28. The first kappa shape index (κ1) is 18.9. The van der Waals surface area contributed by atoms with Crippen LogP contribution in [0.1, 0.15) is 46.1 Å². The highest BCUT2D eigenvalue weighted by Crippen LogP contribution is 2.33. The van der Waals surface area contributed by atoms with Crippen LogP contribution < -0.4 is 0 Å². The minimum atomic E-state index is -0.528. The van der Waals surface area contributed by atoms with E-state index >= 15 is 0 Å². The molecule has 9 heteroatoms. The molecule has 1 amide bonds. The second-order valence-corrected chi connectivity index (χ2v) is 8.49. The van der Waals surface area contributed by atoms with Crippen molar-refractivity contribution in [3.8, 4) is 0 Å². The van der Waals surface area contributed by atoms with Crippen molar-refractivity contribution in [3.05, 3.63) is 39.8 Å². The Morgan fingerprint density at radius 3 is 3.00 bits per heavy atom. The van der Waals surface area contributed by atoms with Crippen molar-refractivity contribution in [2.45, 2.75) is 32.1 Å². The van der Waals surface area contributed by atoms with Crippen LogP contribution in [0.25, 0.3) is 10.2 Å². The van der Waals surface area contributed by atoms with E-state index in [4.69, 9.17) is 9.72 Å². The molecule has 0 radical (unpaired) electrons. The summed E-state index contributed by atoms with van der Waals surface area (Å²) >= 11 is 2.69. The van der Waals surface area contributed by atoms with Crippen molar-refractivity contribution in [1.29, 1.82) is 0 Å². The first-order valence-corrected chi connectivity index (χ1v) is 10.9. The molecule has 28 heavy (non-hydrogen) atoms. The molecule has 1 fully saturated rings. The summed E-state index contributed by atoms with van der Waals surface area (Å²) in [4.78, 5) is 31.7. The summed E-state index contributed by atoms with van der Waals surface area (Å²) in [7, 11) is 0. The van der Waals surface area contributed by atoms with Gasteiger partial charge in [-0.25, -0.2) is 9.78 Å². The molecule has 1 aliphatic rings. The molecule has 1 atom stereocenters. The number of aryl methyl sites for hydroxylation is 1. The lowest BCUT2D eigenvalue weighted by atomic mass is 9.99. The van der Waals surface area contributed by atoms with E-state index in [1.54, 1.807) is 16.2 Å². The topological polar surface area (TPSA) is 85.3 Å². The van der Waals surface area contributed by atoms with Crippen LogP contribution in [0.5, 0.6) is 0 Å². The third-order valence-corrected chi connectivity index (χ3v) is 6.78. The fraction of sp³-hybridized carbons (Fsp3) is 0.421. The van der Waals surface area contributed by atoms with Crippen LogP contribution in [0.2, 0.25) is 0 Å². The van der Waals surface area contributed by atoms with E-state index in [1.807, 2.05) is 25.1 Å². The molecule has 4 rings (SSSR count). The number of carbonyl (C=O) groups is 2. The summed E-state index contributed by atoms with van der Waals surface area (Å²) in [6.07, 6.45) is 2.53. The molecule has 0 spiro atoms. The zero-order valence-electron chi connectivity index (χ0n) is 15.5. The molecule has 1 aliphatic heterocycles. The maximum Gasteiger partial charge on any atom is 0.352 e. The van der Waals surface area contributed by atoms with Crippen LogP contribution in [0, 0.1) is 0 Å². The normalized spacial score (nSPS) is 17.0. The number of likely N-dealkylation sites (tertiary alicyclic amines) is 1. The van der Waals surface area contributed by atoms with Crippen molar-refractivity contribution < 1.29 is 14.3 Å². The van der Waals surface area contributed by atoms with Gasteiger partial charge in [-0.15, -0.1) is 16.4 Å². The lowest BCUT2D eigenvalue weighted by Crippen LogP contribution is -2.41. The molecule has 2 aromatic heterocycles. The number of hydrogen-bond acceptors (Lipinski definition) is 8. The molecule has 0 saturated carbocycles. The molecule has 0 bridgehead atoms. The summed E-state index contributed by atoms with van der Waals surface area (Å²) in [5, 5.41) is 4.97. The lowest BCUT2D eigenvalue weighted by Gasteiger charge is -2.31. The lowest BCUT2D eigenvalue weighted by molar-refractivity contribution is -0.135. The van der Waals surface area contributed by atoms with Crippen molar-refractivity contribution in [2.75, 3.05) is 19.7 Å². The Bertz CT molecular complexity index is 967. The average Bonchev–Trinajstić information content (AvgIpc) is 3.38. The smallest absolute Gasteiger partial charge is 0.352 e. The van der Waals surface area contributed by atoms with Crippen molar-refractivity contribution in [2.24, 2.45) is 0 Å². The molecule has 0 unspecified atom stereocenters. The fourth-order valence-corrected chi connectivity index (χ4v) is 5.09. The van der Waals surface area contributed by atoms with Gasteiger partial charge in [-0.3, -0.25) is 4.79 Å². The van der Waals surface area contributed by atoms with Gasteiger partial charge in [-0.1, -0.05) is 23.5 Å². The average molecular weight is 417 g/mol. The quantitative estimate of drug-likeness (QED) is 0.594. The number of ether oxygens (including phenoxy) is 1. The van der Waals surface area contributed by atoms with Gasteiger partial charge in [-0.05, 0) is 42.9 Å². The van der Waals surface area contributed by atoms with Crippen LogP contribution >= 0.6 is 22.9 Å². The second-order valence-electron chi connectivity index (χ2n) is 6.68. The Kier molecular flexibility index (Phi) is 5.63. The number of hydrogen-bond donors (Lipinski definition) is 0. The zero-order valence-corrected chi connectivity index (χ0v) is 17.1. The fourth-order valence-electron chi connectivity index (χ4n) is 3.35. The number of para-hydroxylation sites is 1. The maximum absolute atomic E-state index is 12.6. The second kappa shape index (κ2) is 8.32. The van der Waals surface area contributed by atoms with E-state index in [2.05, 4.69) is 15.7 Å². The van der Waals surface area contributed by atoms with E-state index in [9.17, 15) is 9.59 Å². The molecule has 1 aromatic carbocycles. The number of nitrogens with zero attached hydrogens (tertiary/aromatic N) is 4. The number of fused-ring (bicyclic) bond motifs is 1. The monoisotopic (exact) mass is 416 g/mol. The Balaban J connectivity index is 1.37. The van der Waals surface area contributed by atoms with Gasteiger partial charge in [0.15, 0.2) is 11.5 Å². The Morgan fingerprint density at radius 1 is 1.32 bits per heavy atom. The summed E-state index contributed by atoms with van der Waals surface area (Å²) < 4.78 is 10.2. The molecule has 7 nitrogen and oxygen atoms in total. The third-order valence-electron chi connectivity index (χ3n) is 4.84. The Morgan fingerprint density at radius 2 is 2.18 bits per heavy atom. The third kappa shape index (κ3) is 3.90. The number of thiazole rings is 1. The van der Waals surface area contributed by atoms with Gasteiger partial charge in [0.2, 0.25) is 0 Å². The number of aromatic nitrogens is 3. The van der Waals surface area contributed by atoms with E-state index in [-0.39, 0.29) is 18.4 Å². The van der Waals surface area contributed by atoms with Crippen molar-refractivity contribution in [3.63, 3.8) is 0 Å². The summed E-state index contributed by atoms with van der Waals surface area (Å²) in [6.45, 7) is 2.93. The van der Waals surface area contributed by atoms with Crippen LogP contribution in [-0.2, 0) is 16.0 Å². The number of esters is 1. The van der Waals surface area contributed by atoms with Crippen LogP contribution in [0.3, 0.4) is 0 Å². The predicted octanol–water partition coefficient (Wildman–Crippen LogP) is 3.27. The van der Waals surface area contributed by atoms with Gasteiger partial charge in [-0.2, -0.15) is 0 Å². The molecule has 0 N–H and O–H groups in total. The zero-order chi connectivity index (χ0) is 19.5. The molecule has 3 heterocycles. The molecular formula is C19H20N4O3S2. The van der Waals surface area contributed by atoms with Crippen LogP contribution in [-0.4, -0.2) is 51.0 Å². The largest absolute Gasteiger partial charge is 0.451 e. The molecule has 146 valence electrons. The van der Waals surface area contributed by atoms with Crippen molar-refractivity contribution in [1.82, 2.24) is 19.5 Å². The van der Waals surface area contributed by atoms with Crippen molar-refractivity contribution >= 4 is 45.0 Å². The van der Waals surface area contributed by atoms with Gasteiger partial charge in [0.1, 0.15) is 0 Å². The Hall–Kier alpha value is -2.39. The van der Waals surface area contributed by atoms with E-state index < -0.39 is 5.97 Å². The van der Waals surface area contributed by atoms with E-state index in [1.165, 1.54) is 4.70 Å². The summed E-state index contributed by atoms with van der Waals surface area (Å²) in [5.74, 6) is -0.474. The van der Waals surface area contributed by atoms with E-state index in [0.29, 0.717) is 30.1 Å². The number of piperidine rings is 1. The Labute approximate surface area is 170 Å².